The SMILES string of the molecule is CCc1cc(CNC(=O)[C@H](CC)OC2CCCCC2)[nH]n1. The molecule has 0 spiro atoms. The zero-order valence-electron chi connectivity index (χ0n) is 13.2. The Morgan fingerprint density at radius 1 is 1.43 bits per heavy atom. The molecule has 1 fully saturated rings. The van der Waals surface area contributed by atoms with E-state index in [1.54, 1.807) is 0 Å². The molecule has 21 heavy (non-hydrogen) atoms. The molecule has 2 N–H and O–H groups in total. The summed E-state index contributed by atoms with van der Waals surface area (Å²) in [6.45, 7) is 4.54. The molecule has 0 unspecified atom stereocenters. The highest BCUT2D eigenvalue weighted by atomic mass is 16.5. The van der Waals surface area contributed by atoms with E-state index in [0.717, 1.165) is 30.7 Å². The second-order valence-corrected chi connectivity index (χ2v) is 5.75. The lowest BCUT2D eigenvalue weighted by Gasteiger charge is -2.26. The molecular weight excluding hydrogens is 266 g/mol. The van der Waals surface area contributed by atoms with E-state index in [1.165, 1.54) is 19.3 Å². The molecule has 1 aromatic rings. The van der Waals surface area contributed by atoms with Gasteiger partial charge in [0.25, 0.3) is 0 Å². The van der Waals surface area contributed by atoms with Crippen molar-refractivity contribution in [1.29, 1.82) is 0 Å². The van der Waals surface area contributed by atoms with Crippen molar-refractivity contribution in [1.82, 2.24) is 15.5 Å². The molecule has 1 aliphatic carbocycles. The quantitative estimate of drug-likeness (QED) is 0.812. The number of nitrogens with one attached hydrogen (secondary N) is 2. The monoisotopic (exact) mass is 293 g/mol. The van der Waals surface area contributed by atoms with Crippen LogP contribution >= 0.6 is 0 Å². The van der Waals surface area contributed by atoms with Gasteiger partial charge in [-0.2, -0.15) is 5.10 Å². The second-order valence-electron chi connectivity index (χ2n) is 5.75. The van der Waals surface area contributed by atoms with Crippen LogP contribution in [0.15, 0.2) is 6.07 Å². The number of hydrogen-bond donors (Lipinski definition) is 2. The molecule has 1 heterocycles. The van der Waals surface area contributed by atoms with Crippen LogP contribution < -0.4 is 5.32 Å². The van der Waals surface area contributed by atoms with Crippen molar-refractivity contribution in [2.45, 2.75) is 77.5 Å². The van der Waals surface area contributed by atoms with Crippen LogP contribution in [0.1, 0.15) is 63.8 Å². The summed E-state index contributed by atoms with van der Waals surface area (Å²) in [4.78, 5) is 12.2. The fourth-order valence-electron chi connectivity index (χ4n) is 2.75. The number of hydrogen-bond acceptors (Lipinski definition) is 3. The van der Waals surface area contributed by atoms with E-state index in [0.29, 0.717) is 13.0 Å². The highest BCUT2D eigenvalue weighted by Gasteiger charge is 2.23. The molecule has 1 aliphatic rings. The summed E-state index contributed by atoms with van der Waals surface area (Å²) < 4.78 is 5.98. The van der Waals surface area contributed by atoms with Crippen molar-refractivity contribution in [3.63, 3.8) is 0 Å². The topological polar surface area (TPSA) is 67.0 Å². The van der Waals surface area contributed by atoms with Gasteiger partial charge in [-0.1, -0.05) is 33.1 Å². The van der Waals surface area contributed by atoms with Crippen molar-refractivity contribution in [3.8, 4) is 0 Å². The van der Waals surface area contributed by atoms with Gasteiger partial charge >= 0.3 is 0 Å². The van der Waals surface area contributed by atoms with Gasteiger partial charge in [-0.05, 0) is 31.7 Å². The van der Waals surface area contributed by atoms with Crippen LogP contribution in [0.4, 0.5) is 0 Å². The number of carbonyl (C=O) groups excluding carboxylic acids is 1. The van der Waals surface area contributed by atoms with Crippen molar-refractivity contribution in [2.24, 2.45) is 0 Å². The zero-order valence-corrected chi connectivity index (χ0v) is 13.2. The molecule has 1 aromatic heterocycles. The Labute approximate surface area is 126 Å². The van der Waals surface area contributed by atoms with Gasteiger partial charge in [0.2, 0.25) is 5.91 Å². The molecule has 0 saturated heterocycles. The lowest BCUT2D eigenvalue weighted by atomic mass is 9.97. The van der Waals surface area contributed by atoms with Crippen LogP contribution in [0.5, 0.6) is 0 Å². The number of carbonyl (C=O) groups is 1. The van der Waals surface area contributed by atoms with Gasteiger partial charge in [0, 0.05) is 0 Å². The molecular formula is C16H27N3O2. The normalized spacial score (nSPS) is 17.6. The van der Waals surface area contributed by atoms with Gasteiger partial charge in [0.1, 0.15) is 6.10 Å². The van der Waals surface area contributed by atoms with E-state index >= 15 is 0 Å². The Hall–Kier alpha value is -1.36. The fourth-order valence-corrected chi connectivity index (χ4v) is 2.75. The smallest absolute Gasteiger partial charge is 0.249 e. The number of ether oxygens (including phenoxy) is 1. The summed E-state index contributed by atoms with van der Waals surface area (Å²) >= 11 is 0. The summed E-state index contributed by atoms with van der Waals surface area (Å²) in [6, 6.07) is 1.99. The van der Waals surface area contributed by atoms with Gasteiger partial charge in [-0.25, -0.2) is 0 Å². The van der Waals surface area contributed by atoms with Crippen molar-refractivity contribution >= 4 is 5.91 Å². The Balaban J connectivity index is 1.78. The average Bonchev–Trinajstić information content (AvgIpc) is 2.99. The molecule has 0 aliphatic heterocycles. The minimum absolute atomic E-state index is 0.0179. The summed E-state index contributed by atoms with van der Waals surface area (Å²) in [5, 5.41) is 10.1. The minimum Gasteiger partial charge on any atom is -0.365 e. The van der Waals surface area contributed by atoms with E-state index in [-0.39, 0.29) is 18.1 Å². The molecule has 0 radical (unpaired) electrons. The van der Waals surface area contributed by atoms with E-state index in [4.69, 9.17) is 4.74 Å². The number of aromatic nitrogens is 2. The lowest BCUT2D eigenvalue weighted by molar-refractivity contribution is -0.138. The molecule has 5 nitrogen and oxygen atoms in total. The number of H-pyrrole nitrogens is 1. The standard InChI is InChI=1S/C16H27N3O2/c1-3-12-10-13(19-18-12)11-17-16(20)15(4-2)21-14-8-6-5-7-9-14/h10,14-15H,3-9,11H2,1-2H3,(H,17,20)(H,18,19)/t15-/m0/s1. The molecule has 1 amide bonds. The van der Waals surface area contributed by atoms with Crippen molar-refractivity contribution in [2.75, 3.05) is 0 Å². The number of aromatic amines is 1. The van der Waals surface area contributed by atoms with Crippen molar-refractivity contribution in [3.05, 3.63) is 17.5 Å². The lowest BCUT2D eigenvalue weighted by Crippen LogP contribution is -2.38. The summed E-state index contributed by atoms with van der Waals surface area (Å²) in [6.07, 6.45) is 7.44. The number of amides is 1. The van der Waals surface area contributed by atoms with Crippen LogP contribution in [0, 0.1) is 0 Å². The first-order valence-corrected chi connectivity index (χ1v) is 8.19. The van der Waals surface area contributed by atoms with Gasteiger partial charge in [0.15, 0.2) is 0 Å². The van der Waals surface area contributed by atoms with Gasteiger partial charge in [-0.15, -0.1) is 0 Å². The Morgan fingerprint density at radius 3 is 2.81 bits per heavy atom. The van der Waals surface area contributed by atoms with Gasteiger partial charge in [0.05, 0.1) is 24.0 Å². The molecule has 118 valence electrons. The van der Waals surface area contributed by atoms with Gasteiger partial charge in [-0.3, -0.25) is 9.89 Å². The number of nitrogens with zero attached hydrogens (tertiary/aromatic N) is 1. The number of aryl methyl sites for hydroxylation is 1. The maximum Gasteiger partial charge on any atom is 0.249 e. The first kappa shape index (κ1) is 16.0. The van der Waals surface area contributed by atoms with Crippen LogP contribution in [-0.2, 0) is 22.5 Å². The van der Waals surface area contributed by atoms with E-state index < -0.39 is 0 Å². The molecule has 1 saturated carbocycles. The van der Waals surface area contributed by atoms with Crippen LogP contribution in [-0.4, -0.2) is 28.3 Å². The average molecular weight is 293 g/mol. The first-order chi connectivity index (χ1) is 10.2. The molecule has 2 rings (SSSR count). The third kappa shape index (κ3) is 4.84. The highest BCUT2D eigenvalue weighted by molar-refractivity contribution is 5.80. The maximum atomic E-state index is 12.2. The molecule has 1 atom stereocenters. The van der Waals surface area contributed by atoms with Crippen LogP contribution in [0.2, 0.25) is 0 Å². The summed E-state index contributed by atoms with van der Waals surface area (Å²) in [7, 11) is 0. The van der Waals surface area contributed by atoms with E-state index in [1.807, 2.05) is 13.0 Å². The minimum atomic E-state index is -0.332. The Morgan fingerprint density at radius 2 is 2.19 bits per heavy atom. The molecule has 0 bridgehead atoms. The largest absolute Gasteiger partial charge is 0.365 e. The maximum absolute atomic E-state index is 12.2. The summed E-state index contributed by atoms with van der Waals surface area (Å²) in [5.74, 6) is -0.0179. The van der Waals surface area contributed by atoms with Crippen LogP contribution in [0.3, 0.4) is 0 Å². The number of rotatable bonds is 7. The van der Waals surface area contributed by atoms with E-state index in [9.17, 15) is 4.79 Å². The highest BCUT2D eigenvalue weighted by Crippen LogP contribution is 2.22. The predicted octanol–water partition coefficient (Wildman–Crippen LogP) is 2.72. The summed E-state index contributed by atoms with van der Waals surface area (Å²) in [5.41, 5.74) is 1.96. The first-order valence-electron chi connectivity index (χ1n) is 8.19. The van der Waals surface area contributed by atoms with Crippen LogP contribution in [0.25, 0.3) is 0 Å². The molecule has 0 aromatic carbocycles. The third-order valence-corrected chi connectivity index (χ3v) is 4.07. The Kier molecular flexibility index (Phi) is 6.23. The zero-order chi connectivity index (χ0) is 15.1. The third-order valence-electron chi connectivity index (χ3n) is 4.07. The second kappa shape index (κ2) is 8.17. The predicted molar refractivity (Wildman–Crippen MR) is 81.8 cm³/mol. The van der Waals surface area contributed by atoms with E-state index in [2.05, 4.69) is 22.4 Å². The fraction of sp³-hybridized carbons (Fsp3) is 0.750. The molecule has 5 heteroatoms. The Bertz CT molecular complexity index is 438. The van der Waals surface area contributed by atoms with Crippen molar-refractivity contribution < 1.29 is 9.53 Å². The van der Waals surface area contributed by atoms with Gasteiger partial charge < -0.3 is 10.1 Å².